The number of aryl methyl sites for hydroxylation is 1. The van der Waals surface area contributed by atoms with E-state index < -0.39 is 0 Å². The zero-order chi connectivity index (χ0) is 20.7. The van der Waals surface area contributed by atoms with Crippen LogP contribution in [0.2, 0.25) is 0 Å². The van der Waals surface area contributed by atoms with Crippen LogP contribution in [-0.4, -0.2) is 24.7 Å². The molecule has 0 aliphatic carbocycles. The number of nitrogens with zero attached hydrogens (tertiary/aromatic N) is 4. The molecule has 0 saturated heterocycles. The van der Waals surface area contributed by atoms with Crippen molar-refractivity contribution in [1.29, 1.82) is 0 Å². The maximum Gasteiger partial charge on any atom is 0.260 e. The van der Waals surface area contributed by atoms with Gasteiger partial charge in [0.2, 0.25) is 0 Å². The summed E-state index contributed by atoms with van der Waals surface area (Å²) in [6.45, 7) is 1.89. The third kappa shape index (κ3) is 3.23. The Kier molecular flexibility index (Phi) is 4.52. The minimum Gasteiger partial charge on any atom is -0.318 e. The molecule has 0 aliphatic heterocycles. The van der Waals surface area contributed by atoms with E-state index in [1.807, 2.05) is 42.1 Å². The third-order valence-electron chi connectivity index (χ3n) is 5.30. The topological polar surface area (TPSA) is 76.5 Å². The first-order valence-corrected chi connectivity index (χ1v) is 10.5. The van der Waals surface area contributed by atoms with E-state index in [0.29, 0.717) is 17.6 Å². The van der Waals surface area contributed by atoms with Gasteiger partial charge in [-0.3, -0.25) is 4.79 Å². The first kappa shape index (κ1) is 18.4. The van der Waals surface area contributed by atoms with Crippen molar-refractivity contribution < 1.29 is 0 Å². The van der Waals surface area contributed by atoms with E-state index >= 15 is 0 Å². The fourth-order valence-corrected chi connectivity index (χ4v) is 4.48. The molecule has 148 valence electrons. The van der Waals surface area contributed by atoms with Crippen LogP contribution in [0.25, 0.3) is 32.5 Å². The molecule has 5 aromatic rings. The Morgan fingerprint density at radius 2 is 1.67 bits per heavy atom. The van der Waals surface area contributed by atoms with Gasteiger partial charge in [0.15, 0.2) is 0 Å². The van der Waals surface area contributed by atoms with Gasteiger partial charge in [0.05, 0.1) is 11.8 Å². The van der Waals surface area contributed by atoms with Gasteiger partial charge in [-0.25, -0.2) is 4.98 Å². The van der Waals surface area contributed by atoms with Crippen LogP contribution in [0, 0.1) is 6.92 Å². The van der Waals surface area contributed by atoms with Crippen LogP contribution in [0.15, 0.2) is 64.8 Å². The highest BCUT2D eigenvalue weighted by atomic mass is 32.1. The Balaban J connectivity index is 1.50. The average Bonchev–Trinajstić information content (AvgIpc) is 3.34. The van der Waals surface area contributed by atoms with Crippen LogP contribution < -0.4 is 5.56 Å². The number of hydrogen-bond acceptors (Lipinski definition) is 5. The highest BCUT2D eigenvalue weighted by Crippen LogP contribution is 2.32. The van der Waals surface area contributed by atoms with Crippen LogP contribution in [-0.2, 0) is 13.5 Å². The molecule has 0 radical (unpaired) electrons. The minimum absolute atomic E-state index is 0.128. The molecule has 0 fully saturated rings. The molecule has 2 aromatic carbocycles. The van der Waals surface area contributed by atoms with Crippen LogP contribution in [0.4, 0.5) is 0 Å². The number of thiophene rings is 1. The second-order valence-corrected chi connectivity index (χ2v) is 8.04. The smallest absolute Gasteiger partial charge is 0.260 e. The predicted molar refractivity (Wildman–Crippen MR) is 120 cm³/mol. The number of hydrogen-bond donors (Lipinski definition) is 1. The Hall–Kier alpha value is -3.58. The summed E-state index contributed by atoms with van der Waals surface area (Å²) in [5, 5.41) is 10.9. The SMILES string of the molecule is Cc1nnc(Cc2nc3scc(-c4ccc(-c5ccccc5)cc4)c3c(=O)[nH]2)n1C. The summed E-state index contributed by atoms with van der Waals surface area (Å²) >= 11 is 1.48. The molecule has 1 N–H and O–H groups in total. The van der Waals surface area contributed by atoms with E-state index in [9.17, 15) is 4.79 Å². The van der Waals surface area contributed by atoms with Gasteiger partial charge in [0.25, 0.3) is 5.56 Å². The molecule has 30 heavy (non-hydrogen) atoms. The lowest BCUT2D eigenvalue weighted by molar-refractivity contribution is 0.777. The molecule has 6 nitrogen and oxygen atoms in total. The molecule has 0 amide bonds. The highest BCUT2D eigenvalue weighted by Gasteiger charge is 2.15. The molecule has 0 saturated carbocycles. The first-order valence-electron chi connectivity index (χ1n) is 9.61. The Bertz CT molecular complexity index is 1400. The molecular weight excluding hydrogens is 394 g/mol. The molecule has 0 bridgehead atoms. The lowest BCUT2D eigenvalue weighted by Crippen LogP contribution is -2.13. The summed E-state index contributed by atoms with van der Waals surface area (Å²) in [4.78, 5) is 21.2. The molecule has 3 heterocycles. The molecule has 3 aromatic heterocycles. The van der Waals surface area contributed by atoms with Crippen molar-refractivity contribution >= 4 is 21.6 Å². The van der Waals surface area contributed by atoms with Crippen LogP contribution in [0.3, 0.4) is 0 Å². The van der Waals surface area contributed by atoms with Crippen molar-refractivity contribution in [3.63, 3.8) is 0 Å². The predicted octanol–water partition coefficient (Wildman–Crippen LogP) is 4.35. The third-order valence-corrected chi connectivity index (χ3v) is 6.18. The lowest BCUT2D eigenvalue weighted by atomic mass is 10.0. The van der Waals surface area contributed by atoms with Crippen molar-refractivity contribution in [3.05, 3.63) is 87.8 Å². The van der Waals surface area contributed by atoms with Gasteiger partial charge < -0.3 is 9.55 Å². The Morgan fingerprint density at radius 1 is 0.967 bits per heavy atom. The van der Waals surface area contributed by atoms with E-state index in [1.165, 1.54) is 16.9 Å². The number of aromatic amines is 1. The molecular formula is C23H19N5OS. The normalized spacial score (nSPS) is 11.3. The number of H-pyrrole nitrogens is 1. The average molecular weight is 414 g/mol. The maximum absolute atomic E-state index is 12.9. The van der Waals surface area contributed by atoms with E-state index in [1.54, 1.807) is 0 Å². The largest absolute Gasteiger partial charge is 0.318 e. The Labute approximate surface area is 176 Å². The number of aromatic nitrogens is 5. The van der Waals surface area contributed by atoms with Crippen LogP contribution in [0.1, 0.15) is 17.5 Å². The fraction of sp³-hybridized carbons (Fsp3) is 0.130. The second kappa shape index (κ2) is 7.35. The van der Waals surface area contributed by atoms with Crippen molar-refractivity contribution in [3.8, 4) is 22.3 Å². The van der Waals surface area contributed by atoms with Gasteiger partial charge >= 0.3 is 0 Å². The monoisotopic (exact) mass is 413 g/mol. The first-order chi connectivity index (χ1) is 14.6. The highest BCUT2D eigenvalue weighted by molar-refractivity contribution is 7.17. The van der Waals surface area contributed by atoms with Crippen molar-refractivity contribution in [2.24, 2.45) is 7.05 Å². The Morgan fingerprint density at radius 3 is 2.37 bits per heavy atom. The molecule has 0 atom stereocenters. The zero-order valence-electron chi connectivity index (χ0n) is 16.6. The lowest BCUT2D eigenvalue weighted by Gasteiger charge is -2.05. The number of benzene rings is 2. The van der Waals surface area contributed by atoms with Crippen LogP contribution >= 0.6 is 11.3 Å². The summed E-state index contributed by atoms with van der Waals surface area (Å²) < 4.78 is 1.90. The number of nitrogens with one attached hydrogen (secondary N) is 1. The zero-order valence-corrected chi connectivity index (χ0v) is 17.4. The van der Waals surface area contributed by atoms with Crippen molar-refractivity contribution in [2.75, 3.05) is 0 Å². The van der Waals surface area contributed by atoms with Gasteiger partial charge in [-0.05, 0) is 23.6 Å². The van der Waals surface area contributed by atoms with Crippen molar-refractivity contribution in [2.45, 2.75) is 13.3 Å². The summed E-state index contributed by atoms with van der Waals surface area (Å²) in [5.74, 6) is 2.19. The van der Waals surface area contributed by atoms with Crippen molar-refractivity contribution in [1.82, 2.24) is 24.7 Å². The van der Waals surface area contributed by atoms with Gasteiger partial charge in [-0.1, -0.05) is 54.6 Å². The molecule has 0 unspecified atom stereocenters. The summed E-state index contributed by atoms with van der Waals surface area (Å²) in [5.41, 5.74) is 4.10. The molecule has 0 spiro atoms. The molecule has 0 aliphatic rings. The van der Waals surface area contributed by atoms with Gasteiger partial charge in [-0.15, -0.1) is 21.5 Å². The summed E-state index contributed by atoms with van der Waals surface area (Å²) in [6.07, 6.45) is 0.432. The standard InChI is InChI=1S/C23H19N5OS/c1-14-26-27-20(28(14)2)12-19-24-22(29)21-18(13-30-23(21)25-19)17-10-8-16(9-11-17)15-6-4-3-5-7-15/h3-11,13H,12H2,1-2H3,(H,24,25,29). The van der Waals surface area contributed by atoms with E-state index in [-0.39, 0.29) is 5.56 Å². The van der Waals surface area contributed by atoms with Gasteiger partial charge in [0, 0.05) is 18.0 Å². The van der Waals surface area contributed by atoms with Crippen LogP contribution in [0.5, 0.6) is 0 Å². The van der Waals surface area contributed by atoms with Gasteiger partial charge in [-0.2, -0.15) is 0 Å². The van der Waals surface area contributed by atoms with E-state index in [2.05, 4.69) is 56.6 Å². The second-order valence-electron chi connectivity index (χ2n) is 7.18. The molecule has 5 rings (SSSR count). The molecule has 7 heteroatoms. The van der Waals surface area contributed by atoms with E-state index in [4.69, 9.17) is 0 Å². The number of fused-ring (bicyclic) bond motifs is 1. The quantitative estimate of drug-likeness (QED) is 0.475. The summed E-state index contributed by atoms with van der Waals surface area (Å²) in [6, 6.07) is 18.5. The fourth-order valence-electron chi connectivity index (χ4n) is 3.52. The number of rotatable bonds is 4. The van der Waals surface area contributed by atoms with E-state index in [0.717, 1.165) is 33.2 Å². The minimum atomic E-state index is -0.128. The maximum atomic E-state index is 12.9. The van der Waals surface area contributed by atoms with Gasteiger partial charge in [0.1, 0.15) is 22.3 Å². The summed E-state index contributed by atoms with van der Waals surface area (Å²) in [7, 11) is 1.91.